The minimum absolute atomic E-state index is 0.348. The molecule has 0 fully saturated rings. The average molecular weight is 126 g/mol. The Morgan fingerprint density at radius 3 is 2.78 bits per heavy atom. The van der Waals surface area contributed by atoms with Crippen LogP contribution in [0.2, 0.25) is 0 Å². The number of rotatable bonds is 4. The predicted octanol–water partition coefficient (Wildman–Crippen LogP) is 0.838. The van der Waals surface area contributed by atoms with E-state index in [4.69, 9.17) is 5.73 Å². The van der Waals surface area contributed by atoms with E-state index in [0.29, 0.717) is 12.5 Å². The van der Waals surface area contributed by atoms with E-state index < -0.39 is 0 Å². The van der Waals surface area contributed by atoms with Crippen molar-refractivity contribution in [3.63, 3.8) is 0 Å². The zero-order valence-corrected chi connectivity index (χ0v) is 5.88. The highest BCUT2D eigenvalue weighted by Gasteiger charge is 1.95. The van der Waals surface area contributed by atoms with Gasteiger partial charge in [0.1, 0.15) is 0 Å². The van der Waals surface area contributed by atoms with Crippen LogP contribution >= 0.6 is 0 Å². The Kier molecular flexibility index (Phi) is 5.12. The van der Waals surface area contributed by atoms with Gasteiger partial charge in [0.05, 0.1) is 0 Å². The molecule has 0 radical (unpaired) electrons. The van der Waals surface area contributed by atoms with Crippen LogP contribution in [0.3, 0.4) is 0 Å². The van der Waals surface area contributed by atoms with E-state index in [0.717, 1.165) is 6.54 Å². The standard InChI is InChI=1S/C7H14N2/c1-3-7(5-8)6-9-4-2/h3-4,7H,1,5-6,8H2,2H3. The minimum Gasteiger partial charge on any atom is -0.330 e. The lowest BCUT2D eigenvalue weighted by Crippen LogP contribution is -2.14. The Morgan fingerprint density at radius 1 is 1.78 bits per heavy atom. The van der Waals surface area contributed by atoms with Crippen LogP contribution in [0.5, 0.6) is 0 Å². The number of hydrogen-bond acceptors (Lipinski definition) is 2. The van der Waals surface area contributed by atoms with Crippen molar-refractivity contribution in [2.45, 2.75) is 6.92 Å². The molecule has 9 heavy (non-hydrogen) atoms. The van der Waals surface area contributed by atoms with Crippen LogP contribution < -0.4 is 5.73 Å². The first-order valence-electron chi connectivity index (χ1n) is 3.12. The third-order valence-corrected chi connectivity index (χ3v) is 1.16. The lowest BCUT2D eigenvalue weighted by molar-refractivity contribution is 0.679. The summed E-state index contributed by atoms with van der Waals surface area (Å²) in [4.78, 5) is 4.04. The summed E-state index contributed by atoms with van der Waals surface area (Å²) in [7, 11) is 0. The fraction of sp³-hybridized carbons (Fsp3) is 0.571. The lowest BCUT2D eigenvalue weighted by Gasteiger charge is -2.02. The van der Waals surface area contributed by atoms with Crippen molar-refractivity contribution in [1.29, 1.82) is 0 Å². The van der Waals surface area contributed by atoms with Crippen molar-refractivity contribution in [2.24, 2.45) is 16.6 Å². The van der Waals surface area contributed by atoms with E-state index in [-0.39, 0.29) is 0 Å². The Balaban J connectivity index is 3.42. The van der Waals surface area contributed by atoms with Crippen LogP contribution in [0.15, 0.2) is 17.6 Å². The van der Waals surface area contributed by atoms with Gasteiger partial charge in [0.25, 0.3) is 0 Å². The molecular weight excluding hydrogens is 112 g/mol. The molecule has 0 aliphatic carbocycles. The van der Waals surface area contributed by atoms with Gasteiger partial charge in [-0.1, -0.05) is 6.08 Å². The van der Waals surface area contributed by atoms with Crippen molar-refractivity contribution in [1.82, 2.24) is 0 Å². The SMILES string of the molecule is C=CC(CN)CN=CC. The monoisotopic (exact) mass is 126 g/mol. The van der Waals surface area contributed by atoms with Crippen molar-refractivity contribution in [3.05, 3.63) is 12.7 Å². The summed E-state index contributed by atoms with van der Waals surface area (Å²) in [6, 6.07) is 0. The second-order valence-electron chi connectivity index (χ2n) is 1.85. The van der Waals surface area contributed by atoms with E-state index in [1.54, 1.807) is 6.21 Å². The first kappa shape index (κ1) is 8.37. The largest absolute Gasteiger partial charge is 0.330 e. The number of nitrogens with zero attached hydrogens (tertiary/aromatic N) is 1. The molecule has 0 aromatic heterocycles. The van der Waals surface area contributed by atoms with Crippen molar-refractivity contribution in [3.8, 4) is 0 Å². The van der Waals surface area contributed by atoms with Gasteiger partial charge in [-0.2, -0.15) is 0 Å². The Morgan fingerprint density at radius 2 is 2.44 bits per heavy atom. The maximum Gasteiger partial charge on any atom is 0.0460 e. The Bertz CT molecular complexity index is 97.1. The van der Waals surface area contributed by atoms with Gasteiger partial charge in [0.2, 0.25) is 0 Å². The highest BCUT2D eigenvalue weighted by molar-refractivity contribution is 5.53. The van der Waals surface area contributed by atoms with Gasteiger partial charge >= 0.3 is 0 Å². The van der Waals surface area contributed by atoms with E-state index >= 15 is 0 Å². The van der Waals surface area contributed by atoms with Gasteiger partial charge in [-0.05, 0) is 13.1 Å². The molecule has 0 aliphatic rings. The highest BCUT2D eigenvalue weighted by atomic mass is 14.7. The zero-order valence-electron chi connectivity index (χ0n) is 5.88. The van der Waals surface area contributed by atoms with Crippen LogP contribution in [0.4, 0.5) is 0 Å². The summed E-state index contributed by atoms with van der Waals surface area (Å²) in [6.07, 6.45) is 3.62. The van der Waals surface area contributed by atoms with Gasteiger partial charge in [-0.15, -0.1) is 6.58 Å². The first-order chi connectivity index (χ1) is 4.35. The molecule has 2 N–H and O–H groups in total. The van der Waals surface area contributed by atoms with E-state index in [2.05, 4.69) is 11.6 Å². The van der Waals surface area contributed by atoms with Gasteiger partial charge in [-0.25, -0.2) is 0 Å². The zero-order chi connectivity index (χ0) is 7.11. The van der Waals surface area contributed by atoms with Gasteiger partial charge in [0, 0.05) is 19.0 Å². The molecule has 0 aromatic carbocycles. The summed E-state index contributed by atoms with van der Waals surface area (Å²) < 4.78 is 0. The molecule has 0 bridgehead atoms. The van der Waals surface area contributed by atoms with Crippen LogP contribution in [-0.4, -0.2) is 19.3 Å². The second-order valence-corrected chi connectivity index (χ2v) is 1.85. The summed E-state index contributed by atoms with van der Waals surface area (Å²) in [5.74, 6) is 0.348. The fourth-order valence-corrected chi connectivity index (χ4v) is 0.486. The molecule has 0 aromatic rings. The maximum absolute atomic E-state index is 5.38. The topological polar surface area (TPSA) is 38.4 Å². The quantitative estimate of drug-likeness (QED) is 0.440. The smallest absolute Gasteiger partial charge is 0.0460 e. The van der Waals surface area contributed by atoms with Gasteiger partial charge < -0.3 is 5.73 Å². The maximum atomic E-state index is 5.38. The molecule has 1 unspecified atom stereocenters. The average Bonchev–Trinajstić information content (AvgIpc) is 1.91. The van der Waals surface area contributed by atoms with E-state index in [1.165, 1.54) is 0 Å². The number of hydrogen-bond donors (Lipinski definition) is 1. The molecule has 0 saturated carbocycles. The molecule has 2 heteroatoms. The van der Waals surface area contributed by atoms with E-state index in [9.17, 15) is 0 Å². The van der Waals surface area contributed by atoms with E-state index in [1.807, 2.05) is 13.0 Å². The molecule has 0 amide bonds. The molecule has 0 spiro atoms. The highest BCUT2D eigenvalue weighted by Crippen LogP contribution is 1.93. The van der Waals surface area contributed by atoms with Crippen molar-refractivity contribution < 1.29 is 0 Å². The molecule has 52 valence electrons. The molecule has 0 aliphatic heterocycles. The number of aliphatic imine (C=N–C) groups is 1. The van der Waals surface area contributed by atoms with Crippen LogP contribution in [0.1, 0.15) is 6.92 Å². The Labute approximate surface area is 56.5 Å². The molecule has 0 saturated heterocycles. The molecular formula is C7H14N2. The van der Waals surface area contributed by atoms with Crippen LogP contribution in [0.25, 0.3) is 0 Å². The molecule has 0 heterocycles. The third-order valence-electron chi connectivity index (χ3n) is 1.16. The third kappa shape index (κ3) is 3.91. The molecule has 1 atom stereocenters. The van der Waals surface area contributed by atoms with Crippen LogP contribution in [-0.2, 0) is 0 Å². The second kappa shape index (κ2) is 5.51. The van der Waals surface area contributed by atoms with Crippen LogP contribution in [0, 0.1) is 5.92 Å². The first-order valence-corrected chi connectivity index (χ1v) is 3.12. The summed E-state index contributed by atoms with van der Waals surface area (Å²) in [5, 5.41) is 0. The summed E-state index contributed by atoms with van der Waals surface area (Å²) >= 11 is 0. The normalized spacial score (nSPS) is 14.0. The predicted molar refractivity (Wildman–Crippen MR) is 41.8 cm³/mol. The number of nitrogens with two attached hydrogens (primary N) is 1. The van der Waals surface area contributed by atoms with Gasteiger partial charge in [-0.3, -0.25) is 4.99 Å². The van der Waals surface area contributed by atoms with Gasteiger partial charge in [0.15, 0.2) is 0 Å². The fourth-order valence-electron chi connectivity index (χ4n) is 0.486. The van der Waals surface area contributed by atoms with Crippen molar-refractivity contribution in [2.75, 3.05) is 13.1 Å². The summed E-state index contributed by atoms with van der Waals surface area (Å²) in [5.41, 5.74) is 5.38. The minimum atomic E-state index is 0.348. The Hall–Kier alpha value is -0.630. The molecule has 2 nitrogen and oxygen atoms in total. The van der Waals surface area contributed by atoms with Crippen molar-refractivity contribution >= 4 is 6.21 Å². The summed E-state index contributed by atoms with van der Waals surface area (Å²) in [6.45, 7) is 6.94. The molecule has 0 rings (SSSR count). The lowest BCUT2D eigenvalue weighted by atomic mass is 10.1.